The van der Waals surface area contributed by atoms with Crippen LogP contribution in [0.15, 0.2) is 41.4 Å². The Balaban J connectivity index is 2.25. The number of halogens is 1. The van der Waals surface area contributed by atoms with E-state index in [0.717, 1.165) is 10.2 Å². The van der Waals surface area contributed by atoms with Crippen LogP contribution in [-0.4, -0.2) is 19.8 Å². The van der Waals surface area contributed by atoms with Crippen molar-refractivity contribution in [3.05, 3.63) is 41.4 Å². The van der Waals surface area contributed by atoms with E-state index in [1.165, 1.54) is 0 Å². The Morgan fingerprint density at radius 3 is 2.75 bits per heavy atom. The first kappa shape index (κ1) is 12.8. The van der Waals surface area contributed by atoms with Crippen LogP contribution in [0.4, 0.5) is 0 Å². The Morgan fingerprint density at radius 1 is 1.25 bits per heavy atom. The Morgan fingerprint density at radius 2 is 2.00 bits per heavy atom. The summed E-state index contributed by atoms with van der Waals surface area (Å²) in [5, 5.41) is 0. The number of para-hydroxylation sites is 1. The molecule has 2 nitrogen and oxygen atoms in total. The Hall–Kier alpha value is -1.24. The lowest BCUT2D eigenvalue weighted by atomic mass is 10.3. The van der Waals surface area contributed by atoms with Gasteiger partial charge in [0.15, 0.2) is 0 Å². The highest BCUT2D eigenvalue weighted by atomic mass is 79.9. The van der Waals surface area contributed by atoms with Crippen molar-refractivity contribution in [3.8, 4) is 17.6 Å². The van der Waals surface area contributed by atoms with E-state index in [-0.39, 0.29) is 0 Å². The summed E-state index contributed by atoms with van der Waals surface area (Å²) in [6.45, 7) is 4.84. The molecule has 0 spiro atoms. The number of hydrogen-bond acceptors (Lipinski definition) is 2. The van der Waals surface area contributed by atoms with Crippen LogP contribution in [0.2, 0.25) is 0 Å². The fraction of sp³-hybridized carbons (Fsp3) is 0.231. The molecule has 84 valence electrons. The van der Waals surface area contributed by atoms with Crippen molar-refractivity contribution in [3.63, 3.8) is 0 Å². The predicted molar refractivity (Wildman–Crippen MR) is 68.4 cm³/mol. The average Bonchev–Trinajstić information content (AvgIpc) is 2.30. The lowest BCUT2D eigenvalue weighted by Crippen LogP contribution is -1.96. The lowest BCUT2D eigenvalue weighted by molar-refractivity contribution is 0.199. The molecule has 1 aromatic carbocycles. The van der Waals surface area contributed by atoms with Gasteiger partial charge >= 0.3 is 0 Å². The van der Waals surface area contributed by atoms with Crippen molar-refractivity contribution in [2.24, 2.45) is 0 Å². The van der Waals surface area contributed by atoms with E-state index in [0.29, 0.717) is 19.8 Å². The van der Waals surface area contributed by atoms with E-state index in [2.05, 4.69) is 34.3 Å². The minimum Gasteiger partial charge on any atom is -0.480 e. The molecule has 0 unspecified atom stereocenters. The maximum atomic E-state index is 5.45. The van der Waals surface area contributed by atoms with E-state index < -0.39 is 0 Å². The molecule has 1 rings (SSSR count). The van der Waals surface area contributed by atoms with E-state index in [1.807, 2.05) is 24.3 Å². The van der Waals surface area contributed by atoms with Gasteiger partial charge in [0.1, 0.15) is 19.0 Å². The first-order valence-corrected chi connectivity index (χ1v) is 5.65. The molecule has 0 aliphatic rings. The maximum Gasteiger partial charge on any atom is 0.149 e. The van der Waals surface area contributed by atoms with Crippen molar-refractivity contribution in [2.75, 3.05) is 19.8 Å². The van der Waals surface area contributed by atoms with E-state index in [4.69, 9.17) is 9.47 Å². The van der Waals surface area contributed by atoms with Gasteiger partial charge in [-0.05, 0) is 28.1 Å². The quantitative estimate of drug-likeness (QED) is 0.469. The first-order chi connectivity index (χ1) is 7.84. The van der Waals surface area contributed by atoms with Gasteiger partial charge in [-0.25, -0.2) is 0 Å². The van der Waals surface area contributed by atoms with Gasteiger partial charge < -0.3 is 9.47 Å². The first-order valence-electron chi connectivity index (χ1n) is 4.86. The summed E-state index contributed by atoms with van der Waals surface area (Å²) in [5.41, 5.74) is 0. The minimum absolute atomic E-state index is 0.361. The normalized spacial score (nSPS) is 9.06. The summed E-state index contributed by atoms with van der Waals surface area (Å²) in [5.74, 6) is 6.51. The minimum atomic E-state index is 0.361. The maximum absolute atomic E-state index is 5.45. The molecule has 1 aromatic rings. The van der Waals surface area contributed by atoms with Crippen molar-refractivity contribution in [2.45, 2.75) is 0 Å². The second-order valence-electron chi connectivity index (χ2n) is 2.88. The molecule has 0 radical (unpaired) electrons. The van der Waals surface area contributed by atoms with Gasteiger partial charge in [0.25, 0.3) is 0 Å². The molecule has 0 saturated heterocycles. The highest BCUT2D eigenvalue weighted by molar-refractivity contribution is 9.10. The topological polar surface area (TPSA) is 18.5 Å². The molecule has 3 heteroatoms. The van der Waals surface area contributed by atoms with Crippen LogP contribution >= 0.6 is 15.9 Å². The van der Waals surface area contributed by atoms with Gasteiger partial charge in [-0.3, -0.25) is 0 Å². The SMILES string of the molecule is C=CCOCC#CCOc1ccccc1Br. The van der Waals surface area contributed by atoms with Crippen molar-refractivity contribution in [1.29, 1.82) is 0 Å². The molecule has 0 N–H and O–H groups in total. The zero-order chi connectivity index (χ0) is 11.6. The van der Waals surface area contributed by atoms with Crippen LogP contribution in [0, 0.1) is 11.8 Å². The largest absolute Gasteiger partial charge is 0.480 e. The standard InChI is InChI=1S/C13H13BrO2/c1-2-9-15-10-5-6-11-16-13-8-4-3-7-12(13)14/h2-4,7-8H,1,9-11H2. The third-order valence-corrected chi connectivity index (χ3v) is 2.33. The molecule has 0 saturated carbocycles. The van der Waals surface area contributed by atoms with Gasteiger partial charge in [-0.1, -0.05) is 30.0 Å². The molecule has 0 heterocycles. The molecule has 0 amide bonds. The monoisotopic (exact) mass is 280 g/mol. The molecule has 0 aromatic heterocycles. The van der Waals surface area contributed by atoms with Crippen LogP contribution in [0.1, 0.15) is 0 Å². The predicted octanol–water partition coefficient (Wildman–Crippen LogP) is 3.03. The molecular formula is C13H13BrO2. The molecule has 0 aliphatic heterocycles. The van der Waals surface area contributed by atoms with Crippen LogP contribution in [-0.2, 0) is 4.74 Å². The van der Waals surface area contributed by atoms with Gasteiger partial charge in [0, 0.05) is 0 Å². The van der Waals surface area contributed by atoms with Crippen molar-refractivity contribution >= 4 is 15.9 Å². The second-order valence-corrected chi connectivity index (χ2v) is 3.73. The summed E-state index contributed by atoms with van der Waals surface area (Å²) >= 11 is 3.39. The number of rotatable bonds is 5. The summed E-state index contributed by atoms with van der Waals surface area (Å²) in [4.78, 5) is 0. The summed E-state index contributed by atoms with van der Waals surface area (Å²) < 4.78 is 11.5. The number of hydrogen-bond donors (Lipinski definition) is 0. The zero-order valence-electron chi connectivity index (χ0n) is 8.91. The highest BCUT2D eigenvalue weighted by Crippen LogP contribution is 2.23. The average molecular weight is 281 g/mol. The van der Waals surface area contributed by atoms with Gasteiger partial charge in [-0.15, -0.1) is 6.58 Å². The fourth-order valence-corrected chi connectivity index (χ4v) is 1.37. The Labute approximate surface area is 104 Å². The van der Waals surface area contributed by atoms with Crippen molar-refractivity contribution in [1.82, 2.24) is 0 Å². The molecule has 0 bridgehead atoms. The second kappa shape index (κ2) is 7.98. The molecule has 0 fully saturated rings. The molecule has 0 aliphatic carbocycles. The van der Waals surface area contributed by atoms with Crippen LogP contribution in [0.5, 0.6) is 5.75 Å². The number of ether oxygens (including phenoxy) is 2. The zero-order valence-corrected chi connectivity index (χ0v) is 10.5. The van der Waals surface area contributed by atoms with E-state index in [9.17, 15) is 0 Å². The molecule has 16 heavy (non-hydrogen) atoms. The highest BCUT2D eigenvalue weighted by Gasteiger charge is 1.96. The third kappa shape index (κ3) is 5.01. The number of benzene rings is 1. The fourth-order valence-electron chi connectivity index (χ4n) is 0.971. The smallest absolute Gasteiger partial charge is 0.149 e. The summed E-state index contributed by atoms with van der Waals surface area (Å²) in [6, 6.07) is 7.67. The van der Waals surface area contributed by atoms with E-state index in [1.54, 1.807) is 6.08 Å². The third-order valence-electron chi connectivity index (χ3n) is 1.67. The Bertz CT molecular complexity index is 390. The van der Waals surface area contributed by atoms with Crippen LogP contribution < -0.4 is 4.74 Å². The van der Waals surface area contributed by atoms with Crippen molar-refractivity contribution < 1.29 is 9.47 Å². The Kier molecular flexibility index (Phi) is 6.39. The molecule has 0 atom stereocenters. The van der Waals surface area contributed by atoms with Gasteiger partial charge in [-0.2, -0.15) is 0 Å². The lowest BCUT2D eigenvalue weighted by Gasteiger charge is -2.03. The van der Waals surface area contributed by atoms with Gasteiger partial charge in [0.05, 0.1) is 11.1 Å². The summed E-state index contributed by atoms with van der Waals surface area (Å²) in [7, 11) is 0. The summed E-state index contributed by atoms with van der Waals surface area (Å²) in [6.07, 6.45) is 1.69. The van der Waals surface area contributed by atoms with E-state index >= 15 is 0 Å². The molecular weight excluding hydrogens is 268 g/mol. The van der Waals surface area contributed by atoms with Gasteiger partial charge in [0.2, 0.25) is 0 Å². The van der Waals surface area contributed by atoms with Crippen LogP contribution in [0.25, 0.3) is 0 Å². The van der Waals surface area contributed by atoms with Crippen LogP contribution in [0.3, 0.4) is 0 Å².